The molecule has 0 fully saturated rings. The quantitative estimate of drug-likeness (QED) is 0.676. The van der Waals surface area contributed by atoms with Crippen molar-refractivity contribution in [2.45, 2.75) is 33.9 Å². The van der Waals surface area contributed by atoms with Crippen molar-refractivity contribution in [2.75, 3.05) is 12.4 Å². The molecule has 0 radical (unpaired) electrons. The Morgan fingerprint density at radius 1 is 1.11 bits per heavy atom. The van der Waals surface area contributed by atoms with Crippen molar-refractivity contribution in [1.82, 2.24) is 15.1 Å². The van der Waals surface area contributed by atoms with Gasteiger partial charge >= 0.3 is 6.03 Å². The second-order valence-electron chi connectivity index (χ2n) is 6.78. The molecule has 0 spiro atoms. The van der Waals surface area contributed by atoms with E-state index < -0.39 is 0 Å². The maximum Gasteiger partial charge on any atom is 0.319 e. The highest BCUT2D eigenvalue weighted by Crippen LogP contribution is 2.21. The maximum absolute atomic E-state index is 12.3. The van der Waals surface area contributed by atoms with Gasteiger partial charge in [-0.25, -0.2) is 4.79 Å². The Hall–Kier alpha value is -3.28. The SMILES string of the molecule is COc1ccc(NC(=O)NCc2c(C)nn(Cc3ccccc3)c2C)cc1C. The van der Waals surface area contributed by atoms with Crippen LogP contribution in [0.25, 0.3) is 0 Å². The van der Waals surface area contributed by atoms with Gasteiger partial charge in [-0.15, -0.1) is 0 Å². The molecule has 3 rings (SSSR count). The number of aryl methyl sites for hydroxylation is 2. The van der Waals surface area contributed by atoms with Crippen LogP contribution in [0.1, 0.15) is 28.1 Å². The van der Waals surface area contributed by atoms with Gasteiger partial charge in [0.25, 0.3) is 0 Å². The third-order valence-corrected chi connectivity index (χ3v) is 4.78. The summed E-state index contributed by atoms with van der Waals surface area (Å²) in [6.07, 6.45) is 0. The number of nitrogens with one attached hydrogen (secondary N) is 2. The van der Waals surface area contributed by atoms with Crippen LogP contribution in [-0.2, 0) is 13.1 Å². The minimum Gasteiger partial charge on any atom is -0.496 e. The van der Waals surface area contributed by atoms with E-state index in [1.54, 1.807) is 7.11 Å². The Balaban J connectivity index is 1.62. The van der Waals surface area contributed by atoms with Crippen molar-refractivity contribution in [3.8, 4) is 5.75 Å². The molecule has 0 saturated heterocycles. The van der Waals surface area contributed by atoms with Gasteiger partial charge in [-0.1, -0.05) is 30.3 Å². The molecule has 0 aliphatic heterocycles. The molecule has 3 aromatic rings. The summed E-state index contributed by atoms with van der Waals surface area (Å²) in [5.74, 6) is 0.794. The van der Waals surface area contributed by atoms with Gasteiger partial charge in [0.05, 0.1) is 19.3 Å². The predicted octanol–water partition coefficient (Wildman–Crippen LogP) is 4.19. The average Bonchev–Trinajstić information content (AvgIpc) is 2.94. The van der Waals surface area contributed by atoms with E-state index in [1.165, 1.54) is 5.56 Å². The summed E-state index contributed by atoms with van der Waals surface area (Å²) in [4.78, 5) is 12.3. The number of carbonyl (C=O) groups excluding carboxylic acids is 1. The van der Waals surface area contributed by atoms with Gasteiger partial charge in [0, 0.05) is 23.5 Å². The molecule has 2 N–H and O–H groups in total. The van der Waals surface area contributed by atoms with Gasteiger partial charge < -0.3 is 15.4 Å². The molecule has 0 atom stereocenters. The Morgan fingerprint density at radius 2 is 1.86 bits per heavy atom. The first kappa shape index (κ1) is 19.5. The molecule has 28 heavy (non-hydrogen) atoms. The number of anilines is 1. The van der Waals surface area contributed by atoms with Gasteiger partial charge in [0.2, 0.25) is 0 Å². The largest absolute Gasteiger partial charge is 0.496 e. The van der Waals surface area contributed by atoms with E-state index in [1.807, 2.05) is 61.9 Å². The van der Waals surface area contributed by atoms with E-state index in [4.69, 9.17) is 4.74 Å². The van der Waals surface area contributed by atoms with Gasteiger partial charge in [0.1, 0.15) is 5.75 Å². The van der Waals surface area contributed by atoms with Crippen LogP contribution < -0.4 is 15.4 Å². The van der Waals surface area contributed by atoms with Crippen LogP contribution >= 0.6 is 0 Å². The molecule has 6 nitrogen and oxygen atoms in total. The van der Waals surface area contributed by atoms with Crippen LogP contribution in [0.5, 0.6) is 5.75 Å². The number of amides is 2. The van der Waals surface area contributed by atoms with Crippen LogP contribution in [0.3, 0.4) is 0 Å². The molecule has 1 heterocycles. The zero-order valence-corrected chi connectivity index (χ0v) is 16.7. The van der Waals surface area contributed by atoms with Crippen LogP contribution in [0.4, 0.5) is 10.5 Å². The zero-order valence-electron chi connectivity index (χ0n) is 16.7. The van der Waals surface area contributed by atoms with Gasteiger partial charge in [-0.2, -0.15) is 5.10 Å². The third-order valence-electron chi connectivity index (χ3n) is 4.78. The third kappa shape index (κ3) is 4.52. The number of hydrogen-bond donors (Lipinski definition) is 2. The maximum atomic E-state index is 12.3. The van der Waals surface area contributed by atoms with Crippen LogP contribution in [0.15, 0.2) is 48.5 Å². The molecule has 0 aliphatic rings. The standard InChI is InChI=1S/C22H26N4O2/c1-15-12-19(10-11-21(15)28-4)24-22(27)23-13-20-16(2)25-26(17(20)3)14-18-8-6-5-7-9-18/h5-12H,13-14H2,1-4H3,(H2,23,24,27). The van der Waals surface area contributed by atoms with Gasteiger partial charge in [-0.3, -0.25) is 4.68 Å². The van der Waals surface area contributed by atoms with Crippen LogP contribution in [0, 0.1) is 20.8 Å². The molecular weight excluding hydrogens is 352 g/mol. The summed E-state index contributed by atoms with van der Waals surface area (Å²) in [7, 11) is 1.63. The second-order valence-corrected chi connectivity index (χ2v) is 6.78. The monoisotopic (exact) mass is 378 g/mol. The predicted molar refractivity (Wildman–Crippen MR) is 111 cm³/mol. The van der Waals surface area contributed by atoms with E-state index in [9.17, 15) is 4.79 Å². The van der Waals surface area contributed by atoms with Gasteiger partial charge in [-0.05, 0) is 50.1 Å². The first-order chi connectivity index (χ1) is 13.5. The Bertz CT molecular complexity index is 964. The lowest BCUT2D eigenvalue weighted by Gasteiger charge is -2.10. The first-order valence-electron chi connectivity index (χ1n) is 9.24. The number of carbonyl (C=O) groups is 1. The number of methoxy groups -OCH3 is 1. The topological polar surface area (TPSA) is 68.2 Å². The highest BCUT2D eigenvalue weighted by Gasteiger charge is 2.13. The summed E-state index contributed by atoms with van der Waals surface area (Å²) >= 11 is 0. The summed E-state index contributed by atoms with van der Waals surface area (Å²) < 4.78 is 7.22. The lowest BCUT2D eigenvalue weighted by atomic mass is 10.2. The summed E-state index contributed by atoms with van der Waals surface area (Å²) in [5, 5.41) is 10.4. The molecule has 146 valence electrons. The highest BCUT2D eigenvalue weighted by atomic mass is 16.5. The fourth-order valence-electron chi connectivity index (χ4n) is 3.20. The smallest absolute Gasteiger partial charge is 0.319 e. The summed E-state index contributed by atoms with van der Waals surface area (Å²) in [5.41, 5.74) is 5.91. The Kier molecular flexibility index (Phi) is 5.99. The normalized spacial score (nSPS) is 10.6. The fraction of sp³-hybridized carbons (Fsp3) is 0.273. The lowest BCUT2D eigenvalue weighted by molar-refractivity contribution is 0.251. The van der Waals surface area contributed by atoms with E-state index in [0.717, 1.165) is 34.0 Å². The van der Waals surface area contributed by atoms with E-state index in [0.29, 0.717) is 13.1 Å². The summed E-state index contributed by atoms with van der Waals surface area (Å²) in [6, 6.07) is 15.5. The molecule has 6 heteroatoms. The minimum absolute atomic E-state index is 0.251. The molecular formula is C22H26N4O2. The van der Waals surface area contributed by atoms with Crippen molar-refractivity contribution < 1.29 is 9.53 Å². The van der Waals surface area contributed by atoms with Gasteiger partial charge in [0.15, 0.2) is 0 Å². The highest BCUT2D eigenvalue weighted by molar-refractivity contribution is 5.89. The van der Waals surface area contributed by atoms with Crippen LogP contribution in [0.2, 0.25) is 0 Å². The number of urea groups is 1. The van der Waals surface area contributed by atoms with Crippen molar-refractivity contribution in [1.29, 1.82) is 0 Å². The molecule has 0 unspecified atom stereocenters. The summed E-state index contributed by atoms with van der Waals surface area (Å²) in [6.45, 7) is 7.08. The minimum atomic E-state index is -0.251. The number of rotatable bonds is 6. The Morgan fingerprint density at radius 3 is 2.54 bits per heavy atom. The fourth-order valence-corrected chi connectivity index (χ4v) is 3.20. The molecule has 0 aliphatic carbocycles. The lowest BCUT2D eigenvalue weighted by Crippen LogP contribution is -2.28. The van der Waals surface area contributed by atoms with Crippen molar-refractivity contribution in [2.24, 2.45) is 0 Å². The van der Waals surface area contributed by atoms with E-state index in [-0.39, 0.29) is 6.03 Å². The number of aromatic nitrogens is 2. The van der Waals surface area contributed by atoms with E-state index in [2.05, 4.69) is 27.9 Å². The molecule has 0 bridgehead atoms. The first-order valence-corrected chi connectivity index (χ1v) is 9.24. The van der Waals surface area contributed by atoms with Crippen molar-refractivity contribution >= 4 is 11.7 Å². The van der Waals surface area contributed by atoms with Crippen molar-refractivity contribution in [3.63, 3.8) is 0 Å². The zero-order chi connectivity index (χ0) is 20.1. The number of benzene rings is 2. The average molecular weight is 378 g/mol. The Labute approximate surface area is 165 Å². The molecule has 2 aromatic carbocycles. The molecule has 0 saturated carbocycles. The van der Waals surface area contributed by atoms with Crippen LogP contribution in [-0.4, -0.2) is 22.9 Å². The van der Waals surface area contributed by atoms with E-state index >= 15 is 0 Å². The molecule has 2 amide bonds. The second kappa shape index (κ2) is 8.61. The number of ether oxygens (including phenoxy) is 1. The number of hydrogen-bond acceptors (Lipinski definition) is 3. The molecule has 1 aromatic heterocycles. The number of nitrogens with zero attached hydrogens (tertiary/aromatic N) is 2. The van der Waals surface area contributed by atoms with Crippen molar-refractivity contribution in [3.05, 3.63) is 76.6 Å².